The third-order valence-electron chi connectivity index (χ3n) is 4.63. The fourth-order valence-electron chi connectivity index (χ4n) is 3.85. The van der Waals surface area contributed by atoms with Crippen molar-refractivity contribution in [2.24, 2.45) is 5.92 Å². The molecule has 3 nitrogen and oxygen atoms in total. The molecule has 2 bridgehead atoms. The minimum absolute atomic E-state index is 0. The Kier molecular flexibility index (Phi) is 3.50. The zero-order valence-corrected chi connectivity index (χ0v) is 11.7. The lowest BCUT2D eigenvalue weighted by Crippen LogP contribution is -2.38. The van der Waals surface area contributed by atoms with Gasteiger partial charge in [0.2, 0.25) is 0 Å². The van der Waals surface area contributed by atoms with Gasteiger partial charge in [0.25, 0.3) is 0 Å². The van der Waals surface area contributed by atoms with Gasteiger partial charge in [0.05, 0.1) is 0 Å². The Morgan fingerprint density at radius 3 is 2.74 bits per heavy atom. The van der Waals surface area contributed by atoms with Gasteiger partial charge >= 0.3 is 0 Å². The number of fused-ring (bicyclic) bond motifs is 3. The molecule has 19 heavy (non-hydrogen) atoms. The number of nitrogens with zero attached hydrogens (tertiary/aromatic N) is 1. The summed E-state index contributed by atoms with van der Waals surface area (Å²) in [5.74, 6) is 0.851. The smallest absolute Gasteiger partial charge is 0.137 e. The third kappa shape index (κ3) is 2.37. The molecule has 2 saturated heterocycles. The number of H-pyrrole nitrogens is 1. The minimum Gasteiger partial charge on any atom is -0.346 e. The number of aromatic amines is 1. The van der Waals surface area contributed by atoms with Crippen molar-refractivity contribution < 1.29 is 0 Å². The van der Waals surface area contributed by atoms with E-state index in [-0.39, 0.29) is 12.4 Å². The molecular weight excluding hydrogens is 258 g/mol. The first kappa shape index (κ1) is 12.9. The Morgan fingerprint density at radius 2 is 1.95 bits per heavy atom. The molecule has 2 unspecified atom stereocenters. The first-order chi connectivity index (χ1) is 8.88. The molecule has 2 atom stereocenters. The van der Waals surface area contributed by atoms with E-state index in [0.29, 0.717) is 0 Å². The standard InChI is InChI=1S/C15H19N3.ClH/c1-2-13-9-10(8-12(1)18-13)7-11-3-5-16-15-14(11)4-6-17-15;/h3-6,10,12-13,18H,1-2,7-9H2,(H,16,17);1H. The molecule has 4 heteroatoms. The van der Waals surface area contributed by atoms with Crippen molar-refractivity contribution in [1.82, 2.24) is 15.3 Å². The fraction of sp³-hybridized carbons (Fsp3) is 0.533. The van der Waals surface area contributed by atoms with E-state index in [0.717, 1.165) is 23.6 Å². The second kappa shape index (κ2) is 5.14. The molecule has 0 radical (unpaired) electrons. The molecular formula is C15H20ClN3. The predicted octanol–water partition coefficient (Wildman–Crippen LogP) is 3.06. The summed E-state index contributed by atoms with van der Waals surface area (Å²) in [6, 6.07) is 5.93. The highest BCUT2D eigenvalue weighted by Gasteiger charge is 2.33. The van der Waals surface area contributed by atoms with Crippen LogP contribution in [0.4, 0.5) is 0 Å². The maximum absolute atomic E-state index is 4.37. The van der Waals surface area contributed by atoms with Crippen molar-refractivity contribution in [3.05, 3.63) is 30.1 Å². The van der Waals surface area contributed by atoms with E-state index in [2.05, 4.69) is 27.4 Å². The lowest BCUT2D eigenvalue weighted by Gasteiger charge is -2.29. The molecule has 0 spiro atoms. The Morgan fingerprint density at radius 1 is 1.16 bits per heavy atom. The Labute approximate surface area is 119 Å². The number of hydrogen-bond donors (Lipinski definition) is 2. The largest absolute Gasteiger partial charge is 0.346 e. The quantitative estimate of drug-likeness (QED) is 0.886. The van der Waals surface area contributed by atoms with Crippen molar-refractivity contribution >= 4 is 23.4 Å². The lowest BCUT2D eigenvalue weighted by molar-refractivity contribution is 0.299. The third-order valence-corrected chi connectivity index (χ3v) is 4.63. The average molecular weight is 278 g/mol. The molecule has 0 amide bonds. The van der Waals surface area contributed by atoms with Crippen LogP contribution in [0.2, 0.25) is 0 Å². The van der Waals surface area contributed by atoms with Crippen molar-refractivity contribution in [2.45, 2.75) is 44.2 Å². The Hall–Kier alpha value is -1.06. The highest BCUT2D eigenvalue weighted by Crippen LogP contribution is 2.33. The molecule has 4 rings (SSSR count). The van der Waals surface area contributed by atoms with Crippen molar-refractivity contribution in [3.63, 3.8) is 0 Å². The topological polar surface area (TPSA) is 40.7 Å². The zero-order valence-electron chi connectivity index (χ0n) is 10.9. The first-order valence-electron chi connectivity index (χ1n) is 7.05. The average Bonchev–Trinajstić information content (AvgIpc) is 2.97. The van der Waals surface area contributed by atoms with Gasteiger partial charge in [-0.1, -0.05) is 0 Å². The molecule has 102 valence electrons. The Balaban J connectivity index is 0.00000110. The van der Waals surface area contributed by atoms with Crippen LogP contribution in [0.5, 0.6) is 0 Å². The molecule has 0 aliphatic carbocycles. The molecule has 2 aromatic rings. The van der Waals surface area contributed by atoms with Gasteiger partial charge in [0, 0.05) is 29.9 Å². The normalized spacial score (nSPS) is 29.4. The number of piperidine rings is 1. The second-order valence-electron chi connectivity index (χ2n) is 5.89. The Bertz CT molecular complexity index is 553. The summed E-state index contributed by atoms with van der Waals surface area (Å²) >= 11 is 0. The van der Waals surface area contributed by atoms with Gasteiger partial charge in [-0.15, -0.1) is 12.4 Å². The lowest BCUT2D eigenvalue weighted by atomic mass is 9.86. The van der Waals surface area contributed by atoms with Crippen molar-refractivity contribution in [1.29, 1.82) is 0 Å². The second-order valence-corrected chi connectivity index (χ2v) is 5.89. The maximum Gasteiger partial charge on any atom is 0.137 e. The highest BCUT2D eigenvalue weighted by molar-refractivity contribution is 5.85. The number of hydrogen-bond acceptors (Lipinski definition) is 2. The van der Waals surface area contributed by atoms with Crippen LogP contribution in [0.15, 0.2) is 24.5 Å². The van der Waals surface area contributed by atoms with E-state index in [1.54, 1.807) is 0 Å². The highest BCUT2D eigenvalue weighted by atomic mass is 35.5. The van der Waals surface area contributed by atoms with E-state index in [1.807, 2.05) is 12.4 Å². The molecule has 2 aliphatic rings. The minimum atomic E-state index is 0. The van der Waals surface area contributed by atoms with E-state index in [9.17, 15) is 0 Å². The van der Waals surface area contributed by atoms with Crippen LogP contribution < -0.4 is 5.32 Å². The van der Waals surface area contributed by atoms with Crippen LogP contribution in [-0.4, -0.2) is 22.1 Å². The molecule has 0 saturated carbocycles. The van der Waals surface area contributed by atoms with Crippen LogP contribution in [0.25, 0.3) is 11.0 Å². The molecule has 2 aliphatic heterocycles. The summed E-state index contributed by atoms with van der Waals surface area (Å²) in [6.45, 7) is 0. The summed E-state index contributed by atoms with van der Waals surface area (Å²) in [5, 5.41) is 5.03. The van der Waals surface area contributed by atoms with E-state index in [4.69, 9.17) is 0 Å². The number of aromatic nitrogens is 2. The number of halogens is 1. The maximum atomic E-state index is 4.37. The summed E-state index contributed by atoms with van der Waals surface area (Å²) < 4.78 is 0. The SMILES string of the molecule is Cl.c1cc(CC2CC3CCC(C2)N3)c2cc[nH]c2n1. The van der Waals surface area contributed by atoms with Gasteiger partial charge in [0.1, 0.15) is 5.65 Å². The predicted molar refractivity (Wildman–Crippen MR) is 79.7 cm³/mol. The van der Waals surface area contributed by atoms with Crippen molar-refractivity contribution in [3.8, 4) is 0 Å². The van der Waals surface area contributed by atoms with Gasteiger partial charge in [0.15, 0.2) is 0 Å². The molecule has 4 heterocycles. The number of nitrogens with one attached hydrogen (secondary N) is 2. The van der Waals surface area contributed by atoms with Gasteiger partial charge < -0.3 is 10.3 Å². The molecule has 2 aromatic heterocycles. The molecule has 0 aromatic carbocycles. The van der Waals surface area contributed by atoms with E-state index in [1.165, 1.54) is 43.1 Å². The monoisotopic (exact) mass is 277 g/mol. The molecule has 2 N–H and O–H groups in total. The van der Waals surface area contributed by atoms with E-state index >= 15 is 0 Å². The molecule has 2 fully saturated rings. The first-order valence-corrected chi connectivity index (χ1v) is 7.05. The van der Waals surface area contributed by atoms with Crippen molar-refractivity contribution in [2.75, 3.05) is 0 Å². The fourth-order valence-corrected chi connectivity index (χ4v) is 3.85. The summed E-state index contributed by atoms with van der Waals surface area (Å²) in [5.41, 5.74) is 2.50. The summed E-state index contributed by atoms with van der Waals surface area (Å²) in [4.78, 5) is 7.57. The summed E-state index contributed by atoms with van der Waals surface area (Å²) in [7, 11) is 0. The summed E-state index contributed by atoms with van der Waals surface area (Å²) in [6.07, 6.45) is 10.6. The van der Waals surface area contributed by atoms with Crippen LogP contribution in [0.1, 0.15) is 31.2 Å². The van der Waals surface area contributed by atoms with Gasteiger partial charge in [-0.05, 0) is 55.7 Å². The zero-order chi connectivity index (χ0) is 11.9. The van der Waals surface area contributed by atoms with Gasteiger partial charge in [-0.3, -0.25) is 0 Å². The van der Waals surface area contributed by atoms with Crippen LogP contribution in [0, 0.1) is 5.92 Å². The van der Waals surface area contributed by atoms with Gasteiger partial charge in [-0.25, -0.2) is 4.98 Å². The van der Waals surface area contributed by atoms with Crippen LogP contribution in [0.3, 0.4) is 0 Å². The number of rotatable bonds is 2. The van der Waals surface area contributed by atoms with Crippen LogP contribution in [-0.2, 0) is 6.42 Å². The number of pyridine rings is 1. The van der Waals surface area contributed by atoms with Crippen LogP contribution >= 0.6 is 12.4 Å². The van der Waals surface area contributed by atoms with E-state index < -0.39 is 0 Å². The van der Waals surface area contributed by atoms with Gasteiger partial charge in [-0.2, -0.15) is 0 Å².